The third-order valence-corrected chi connectivity index (χ3v) is 2.77. The SMILES string of the molecule is CCOC(=O)c1[nH]nc2c1ncc1ccccc12. The maximum atomic E-state index is 11.7. The van der Waals surface area contributed by atoms with Crippen molar-refractivity contribution >= 4 is 27.8 Å². The molecule has 0 atom stereocenters. The normalized spacial score (nSPS) is 10.9. The number of hydrogen-bond acceptors (Lipinski definition) is 4. The molecule has 5 heteroatoms. The second-order valence-corrected chi connectivity index (χ2v) is 3.86. The van der Waals surface area contributed by atoms with E-state index in [1.54, 1.807) is 13.1 Å². The number of rotatable bonds is 2. The zero-order chi connectivity index (χ0) is 12.5. The molecule has 18 heavy (non-hydrogen) atoms. The molecule has 0 amide bonds. The fourth-order valence-electron chi connectivity index (χ4n) is 1.95. The van der Waals surface area contributed by atoms with E-state index in [-0.39, 0.29) is 0 Å². The molecule has 0 aliphatic rings. The summed E-state index contributed by atoms with van der Waals surface area (Å²) in [6, 6.07) is 7.78. The van der Waals surface area contributed by atoms with Gasteiger partial charge in [-0.1, -0.05) is 24.3 Å². The van der Waals surface area contributed by atoms with E-state index in [1.165, 1.54) is 0 Å². The lowest BCUT2D eigenvalue weighted by Crippen LogP contribution is -2.05. The maximum Gasteiger partial charge on any atom is 0.358 e. The summed E-state index contributed by atoms with van der Waals surface area (Å²) in [7, 11) is 0. The van der Waals surface area contributed by atoms with Crippen molar-refractivity contribution in [2.75, 3.05) is 6.61 Å². The highest BCUT2D eigenvalue weighted by atomic mass is 16.5. The van der Waals surface area contributed by atoms with Crippen molar-refractivity contribution in [3.05, 3.63) is 36.2 Å². The summed E-state index contributed by atoms with van der Waals surface area (Å²) < 4.78 is 4.96. The Balaban J connectivity index is 2.26. The first-order valence-electron chi connectivity index (χ1n) is 5.70. The predicted molar refractivity (Wildman–Crippen MR) is 67.4 cm³/mol. The Bertz CT molecular complexity index is 733. The van der Waals surface area contributed by atoms with Gasteiger partial charge in [-0.25, -0.2) is 4.79 Å². The van der Waals surface area contributed by atoms with Gasteiger partial charge in [-0.2, -0.15) is 5.10 Å². The summed E-state index contributed by atoms with van der Waals surface area (Å²) in [5, 5.41) is 8.82. The standard InChI is InChI=1S/C13H11N3O2/c1-2-18-13(17)12-11-10(15-16-12)9-6-4-3-5-8(9)7-14-11/h3-7H,2H2,1H3,(H,15,16). The lowest BCUT2D eigenvalue weighted by Gasteiger charge is -1.99. The Morgan fingerprint density at radius 2 is 2.17 bits per heavy atom. The molecule has 3 aromatic rings. The molecule has 0 bridgehead atoms. The van der Waals surface area contributed by atoms with Crippen LogP contribution in [0.25, 0.3) is 21.8 Å². The van der Waals surface area contributed by atoms with E-state index in [2.05, 4.69) is 15.2 Å². The number of aromatic amines is 1. The van der Waals surface area contributed by atoms with Gasteiger partial charge < -0.3 is 4.74 Å². The number of carbonyl (C=O) groups excluding carboxylic acids is 1. The van der Waals surface area contributed by atoms with Crippen molar-refractivity contribution in [1.82, 2.24) is 15.2 Å². The molecule has 5 nitrogen and oxygen atoms in total. The number of fused-ring (bicyclic) bond motifs is 3. The smallest absolute Gasteiger partial charge is 0.358 e. The van der Waals surface area contributed by atoms with Crippen LogP contribution in [0.3, 0.4) is 0 Å². The van der Waals surface area contributed by atoms with Gasteiger partial charge in [0.2, 0.25) is 0 Å². The van der Waals surface area contributed by atoms with Crippen LogP contribution in [0.5, 0.6) is 0 Å². The molecule has 0 unspecified atom stereocenters. The number of aromatic nitrogens is 3. The predicted octanol–water partition coefficient (Wildman–Crippen LogP) is 2.29. The first-order chi connectivity index (χ1) is 8.81. The van der Waals surface area contributed by atoms with Gasteiger partial charge in [-0.15, -0.1) is 0 Å². The zero-order valence-corrected chi connectivity index (χ0v) is 9.80. The fraction of sp³-hybridized carbons (Fsp3) is 0.154. The van der Waals surface area contributed by atoms with Crippen molar-refractivity contribution in [2.24, 2.45) is 0 Å². The molecule has 2 aromatic heterocycles. The minimum atomic E-state index is -0.428. The lowest BCUT2D eigenvalue weighted by atomic mass is 10.1. The quantitative estimate of drug-likeness (QED) is 0.699. The zero-order valence-electron chi connectivity index (χ0n) is 9.80. The highest BCUT2D eigenvalue weighted by Crippen LogP contribution is 2.23. The summed E-state index contributed by atoms with van der Waals surface area (Å²) in [5.41, 5.74) is 1.54. The lowest BCUT2D eigenvalue weighted by molar-refractivity contribution is 0.0521. The largest absolute Gasteiger partial charge is 0.461 e. The van der Waals surface area contributed by atoms with Crippen LogP contribution in [0.15, 0.2) is 30.5 Å². The number of ether oxygens (including phenoxy) is 1. The number of pyridine rings is 1. The fourth-order valence-corrected chi connectivity index (χ4v) is 1.95. The van der Waals surface area contributed by atoms with Crippen LogP contribution in [-0.4, -0.2) is 27.8 Å². The van der Waals surface area contributed by atoms with Crippen molar-refractivity contribution in [1.29, 1.82) is 0 Å². The molecule has 0 spiro atoms. The van der Waals surface area contributed by atoms with E-state index < -0.39 is 5.97 Å². The topological polar surface area (TPSA) is 67.9 Å². The average Bonchev–Trinajstić information content (AvgIpc) is 2.83. The highest BCUT2D eigenvalue weighted by Gasteiger charge is 2.17. The molecule has 0 fully saturated rings. The Kier molecular flexibility index (Phi) is 2.44. The molecule has 0 saturated heterocycles. The Morgan fingerprint density at radius 3 is 3.00 bits per heavy atom. The summed E-state index contributed by atoms with van der Waals surface area (Å²) in [6.07, 6.45) is 1.73. The van der Waals surface area contributed by atoms with Crippen molar-refractivity contribution < 1.29 is 9.53 Å². The van der Waals surface area contributed by atoms with Crippen molar-refractivity contribution in [2.45, 2.75) is 6.92 Å². The van der Waals surface area contributed by atoms with Gasteiger partial charge in [-0.05, 0) is 6.92 Å². The molecule has 0 aliphatic carbocycles. The number of hydrogen-bond donors (Lipinski definition) is 1. The number of carbonyl (C=O) groups is 1. The Hall–Kier alpha value is -2.43. The third kappa shape index (κ3) is 1.52. The van der Waals surface area contributed by atoms with E-state index in [1.807, 2.05) is 24.3 Å². The van der Waals surface area contributed by atoms with Gasteiger partial charge in [0.15, 0.2) is 5.69 Å². The number of benzene rings is 1. The van der Waals surface area contributed by atoms with Gasteiger partial charge in [-0.3, -0.25) is 10.1 Å². The molecular weight excluding hydrogens is 230 g/mol. The van der Waals surface area contributed by atoms with E-state index in [0.717, 1.165) is 10.8 Å². The number of H-pyrrole nitrogens is 1. The van der Waals surface area contributed by atoms with Gasteiger partial charge in [0.1, 0.15) is 11.0 Å². The summed E-state index contributed by atoms with van der Waals surface area (Å²) in [6.45, 7) is 2.09. The van der Waals surface area contributed by atoms with Gasteiger partial charge in [0.25, 0.3) is 0 Å². The van der Waals surface area contributed by atoms with Gasteiger partial charge in [0.05, 0.1) is 6.61 Å². The molecule has 0 aliphatic heterocycles. The van der Waals surface area contributed by atoms with Crippen LogP contribution in [0, 0.1) is 0 Å². The van der Waals surface area contributed by atoms with Crippen LogP contribution in [-0.2, 0) is 4.74 Å². The first kappa shape index (κ1) is 10.7. The summed E-state index contributed by atoms with van der Waals surface area (Å²) >= 11 is 0. The molecule has 90 valence electrons. The minimum Gasteiger partial charge on any atom is -0.461 e. The van der Waals surface area contributed by atoms with E-state index in [9.17, 15) is 4.79 Å². The molecule has 0 radical (unpaired) electrons. The third-order valence-electron chi connectivity index (χ3n) is 2.77. The van der Waals surface area contributed by atoms with E-state index in [4.69, 9.17) is 4.74 Å². The van der Waals surface area contributed by atoms with E-state index >= 15 is 0 Å². The Labute approximate surface area is 103 Å². The molecule has 1 N–H and O–H groups in total. The monoisotopic (exact) mass is 241 g/mol. The second kappa shape index (κ2) is 4.10. The first-order valence-corrected chi connectivity index (χ1v) is 5.70. The average molecular weight is 241 g/mol. The van der Waals surface area contributed by atoms with Crippen LogP contribution >= 0.6 is 0 Å². The van der Waals surface area contributed by atoms with Crippen LogP contribution in [0.2, 0.25) is 0 Å². The maximum absolute atomic E-state index is 11.7. The molecular formula is C13H11N3O2. The van der Waals surface area contributed by atoms with E-state index in [0.29, 0.717) is 23.3 Å². The van der Waals surface area contributed by atoms with Crippen LogP contribution in [0.1, 0.15) is 17.4 Å². The van der Waals surface area contributed by atoms with Gasteiger partial charge in [0, 0.05) is 17.0 Å². The van der Waals surface area contributed by atoms with Crippen molar-refractivity contribution in [3.8, 4) is 0 Å². The summed E-state index contributed by atoms with van der Waals surface area (Å²) in [5.74, 6) is -0.428. The number of esters is 1. The second-order valence-electron chi connectivity index (χ2n) is 3.86. The number of nitrogens with zero attached hydrogens (tertiary/aromatic N) is 2. The highest BCUT2D eigenvalue weighted by molar-refractivity contribution is 6.09. The molecule has 0 saturated carbocycles. The Morgan fingerprint density at radius 1 is 1.33 bits per heavy atom. The van der Waals surface area contributed by atoms with Crippen LogP contribution in [0.4, 0.5) is 0 Å². The van der Waals surface area contributed by atoms with Crippen molar-refractivity contribution in [3.63, 3.8) is 0 Å². The molecule has 3 rings (SSSR count). The summed E-state index contributed by atoms with van der Waals surface area (Å²) in [4.78, 5) is 16.0. The number of nitrogens with one attached hydrogen (secondary N) is 1. The molecule has 1 aromatic carbocycles. The van der Waals surface area contributed by atoms with Gasteiger partial charge >= 0.3 is 5.97 Å². The molecule has 2 heterocycles. The minimum absolute atomic E-state index is 0.303. The van der Waals surface area contributed by atoms with Crippen LogP contribution < -0.4 is 0 Å².